The van der Waals surface area contributed by atoms with Gasteiger partial charge in [0.05, 0.1) is 4.90 Å². The molecule has 20 heavy (non-hydrogen) atoms. The van der Waals surface area contributed by atoms with Gasteiger partial charge in [0, 0.05) is 18.2 Å². The first-order valence-electron chi connectivity index (χ1n) is 6.74. The van der Waals surface area contributed by atoms with Crippen molar-refractivity contribution in [1.82, 2.24) is 4.72 Å². The Balaban J connectivity index is 2.92. The highest BCUT2D eigenvalue weighted by Crippen LogP contribution is 2.13. The van der Waals surface area contributed by atoms with Gasteiger partial charge < -0.3 is 5.73 Å². The average molecular weight is 298 g/mol. The van der Waals surface area contributed by atoms with Crippen LogP contribution in [0.2, 0.25) is 0 Å². The minimum Gasteiger partial charge on any atom is -0.329 e. The van der Waals surface area contributed by atoms with Gasteiger partial charge in [-0.3, -0.25) is 4.79 Å². The van der Waals surface area contributed by atoms with Crippen molar-refractivity contribution in [2.24, 2.45) is 5.73 Å². The van der Waals surface area contributed by atoms with Crippen LogP contribution in [0.5, 0.6) is 0 Å². The summed E-state index contributed by atoms with van der Waals surface area (Å²) in [4.78, 5) is 11.4. The topological polar surface area (TPSA) is 89.3 Å². The first-order chi connectivity index (χ1) is 9.40. The molecule has 1 rings (SSSR count). The predicted molar refractivity (Wildman–Crippen MR) is 79.1 cm³/mol. The fourth-order valence-electron chi connectivity index (χ4n) is 1.85. The van der Waals surface area contributed by atoms with Gasteiger partial charge in [-0.25, -0.2) is 13.1 Å². The van der Waals surface area contributed by atoms with E-state index in [0.29, 0.717) is 12.0 Å². The summed E-state index contributed by atoms with van der Waals surface area (Å²) >= 11 is 0. The van der Waals surface area contributed by atoms with E-state index in [-0.39, 0.29) is 23.3 Å². The highest BCUT2D eigenvalue weighted by molar-refractivity contribution is 7.89. The number of carbonyl (C=O) groups excluding carboxylic acids is 1. The summed E-state index contributed by atoms with van der Waals surface area (Å²) in [5.41, 5.74) is 5.98. The number of nitrogens with two attached hydrogens (primary N) is 1. The SMILES string of the molecule is CCCCC(CN)NS(=O)(=O)c1cccc(C(C)=O)c1. The fraction of sp³-hybridized carbons (Fsp3) is 0.500. The van der Waals surface area contributed by atoms with E-state index in [4.69, 9.17) is 5.73 Å². The number of unbranched alkanes of at least 4 members (excludes halogenated alkanes) is 1. The minimum absolute atomic E-state index is 0.0974. The van der Waals surface area contributed by atoms with Gasteiger partial charge in [0.1, 0.15) is 0 Å². The summed E-state index contributed by atoms with van der Waals surface area (Å²) in [6.07, 6.45) is 2.61. The van der Waals surface area contributed by atoms with E-state index in [1.165, 1.54) is 19.1 Å². The molecule has 0 saturated carbocycles. The molecular weight excluding hydrogens is 276 g/mol. The Bertz CT molecular complexity index is 555. The van der Waals surface area contributed by atoms with Gasteiger partial charge in [-0.15, -0.1) is 0 Å². The van der Waals surface area contributed by atoms with Crippen molar-refractivity contribution in [1.29, 1.82) is 0 Å². The van der Waals surface area contributed by atoms with E-state index >= 15 is 0 Å². The number of nitrogens with one attached hydrogen (secondary N) is 1. The molecule has 0 spiro atoms. The van der Waals surface area contributed by atoms with Gasteiger partial charge in [-0.1, -0.05) is 31.9 Å². The van der Waals surface area contributed by atoms with E-state index in [1.54, 1.807) is 12.1 Å². The first kappa shape index (κ1) is 16.8. The zero-order valence-electron chi connectivity index (χ0n) is 11.9. The van der Waals surface area contributed by atoms with Crippen molar-refractivity contribution in [2.75, 3.05) is 6.54 Å². The van der Waals surface area contributed by atoms with Crippen LogP contribution < -0.4 is 10.5 Å². The lowest BCUT2D eigenvalue weighted by atomic mass is 10.1. The Morgan fingerprint density at radius 2 is 2.10 bits per heavy atom. The highest BCUT2D eigenvalue weighted by Gasteiger charge is 2.19. The highest BCUT2D eigenvalue weighted by atomic mass is 32.2. The van der Waals surface area contributed by atoms with Gasteiger partial charge in [0.2, 0.25) is 10.0 Å². The Morgan fingerprint density at radius 1 is 1.40 bits per heavy atom. The molecule has 1 atom stereocenters. The summed E-state index contributed by atoms with van der Waals surface area (Å²) in [5, 5.41) is 0. The number of ketones is 1. The van der Waals surface area contributed by atoms with Crippen LogP contribution in [0.25, 0.3) is 0 Å². The molecule has 0 heterocycles. The quantitative estimate of drug-likeness (QED) is 0.715. The molecule has 6 heteroatoms. The van der Waals surface area contributed by atoms with Crippen molar-refractivity contribution in [2.45, 2.75) is 44.0 Å². The largest absolute Gasteiger partial charge is 0.329 e. The van der Waals surface area contributed by atoms with Gasteiger partial charge >= 0.3 is 0 Å². The van der Waals surface area contributed by atoms with Crippen LogP contribution in [0, 0.1) is 0 Å². The first-order valence-corrected chi connectivity index (χ1v) is 8.22. The van der Waals surface area contributed by atoms with Crippen molar-refractivity contribution in [3.63, 3.8) is 0 Å². The maximum absolute atomic E-state index is 12.3. The molecule has 1 aromatic carbocycles. The molecule has 1 aromatic rings. The molecule has 3 N–H and O–H groups in total. The Labute approximate surface area is 120 Å². The van der Waals surface area contributed by atoms with E-state index in [9.17, 15) is 13.2 Å². The predicted octanol–water partition coefficient (Wildman–Crippen LogP) is 1.68. The summed E-state index contributed by atoms with van der Waals surface area (Å²) in [5.74, 6) is -0.164. The molecule has 0 radical (unpaired) electrons. The molecular formula is C14H22N2O3S. The van der Waals surface area contributed by atoms with Crippen LogP contribution in [0.1, 0.15) is 43.5 Å². The second-order valence-electron chi connectivity index (χ2n) is 4.78. The number of hydrogen-bond donors (Lipinski definition) is 2. The number of carbonyl (C=O) groups is 1. The van der Waals surface area contributed by atoms with Crippen LogP contribution in [0.3, 0.4) is 0 Å². The van der Waals surface area contributed by atoms with E-state index in [1.807, 2.05) is 6.92 Å². The van der Waals surface area contributed by atoms with Crippen molar-refractivity contribution in [3.05, 3.63) is 29.8 Å². The normalized spacial score (nSPS) is 13.2. The summed E-state index contributed by atoms with van der Waals surface area (Å²) in [6.45, 7) is 3.70. The van der Waals surface area contributed by atoms with Gasteiger partial charge in [-0.2, -0.15) is 0 Å². The maximum atomic E-state index is 12.3. The number of sulfonamides is 1. The van der Waals surface area contributed by atoms with Crippen LogP contribution >= 0.6 is 0 Å². The lowest BCUT2D eigenvalue weighted by Crippen LogP contribution is -2.40. The van der Waals surface area contributed by atoms with Crippen molar-refractivity contribution >= 4 is 15.8 Å². The zero-order chi connectivity index (χ0) is 15.2. The average Bonchev–Trinajstić information content (AvgIpc) is 2.43. The van der Waals surface area contributed by atoms with Gasteiger partial charge in [0.25, 0.3) is 0 Å². The minimum atomic E-state index is -3.64. The third-order valence-corrected chi connectivity index (χ3v) is 4.58. The van der Waals surface area contributed by atoms with Crippen molar-refractivity contribution in [3.8, 4) is 0 Å². The van der Waals surface area contributed by atoms with Gasteiger partial charge in [0.15, 0.2) is 5.78 Å². The molecule has 0 bridgehead atoms. The zero-order valence-corrected chi connectivity index (χ0v) is 12.7. The molecule has 1 unspecified atom stereocenters. The van der Waals surface area contributed by atoms with E-state index in [2.05, 4.69) is 4.72 Å². The van der Waals surface area contributed by atoms with E-state index in [0.717, 1.165) is 12.8 Å². The van der Waals surface area contributed by atoms with Crippen LogP contribution in [-0.4, -0.2) is 26.8 Å². The van der Waals surface area contributed by atoms with E-state index < -0.39 is 10.0 Å². The molecule has 5 nitrogen and oxygen atoms in total. The second kappa shape index (κ2) is 7.52. The molecule has 0 aliphatic rings. The molecule has 112 valence electrons. The Hall–Kier alpha value is -1.24. The molecule has 0 amide bonds. The summed E-state index contributed by atoms with van der Waals surface area (Å²) in [7, 11) is -3.64. The van der Waals surface area contributed by atoms with Gasteiger partial charge in [-0.05, 0) is 25.5 Å². The smallest absolute Gasteiger partial charge is 0.240 e. The summed E-state index contributed by atoms with van der Waals surface area (Å²) in [6, 6.07) is 5.74. The number of rotatable bonds is 8. The number of hydrogen-bond acceptors (Lipinski definition) is 4. The number of benzene rings is 1. The second-order valence-corrected chi connectivity index (χ2v) is 6.49. The molecule has 0 aromatic heterocycles. The summed E-state index contributed by atoms with van der Waals surface area (Å²) < 4.78 is 27.1. The molecule has 0 aliphatic carbocycles. The monoisotopic (exact) mass is 298 g/mol. The van der Waals surface area contributed by atoms with Crippen LogP contribution in [-0.2, 0) is 10.0 Å². The maximum Gasteiger partial charge on any atom is 0.240 e. The van der Waals surface area contributed by atoms with Crippen LogP contribution in [0.4, 0.5) is 0 Å². The Kier molecular flexibility index (Phi) is 6.32. The lowest BCUT2D eigenvalue weighted by Gasteiger charge is -2.16. The number of Topliss-reactive ketones (excluding diaryl/α,β-unsaturated/α-hetero) is 1. The fourth-order valence-corrected chi connectivity index (χ4v) is 3.17. The molecule has 0 aliphatic heterocycles. The Morgan fingerprint density at radius 3 is 2.65 bits per heavy atom. The molecule has 0 saturated heterocycles. The van der Waals surface area contributed by atoms with Crippen LogP contribution in [0.15, 0.2) is 29.2 Å². The third kappa shape index (κ3) is 4.70. The third-order valence-electron chi connectivity index (χ3n) is 3.06. The lowest BCUT2D eigenvalue weighted by molar-refractivity contribution is 0.101. The molecule has 0 fully saturated rings. The standard InChI is InChI=1S/C14H22N2O3S/c1-3-4-7-13(10-15)16-20(18,19)14-8-5-6-12(9-14)11(2)17/h5-6,8-9,13,16H,3-4,7,10,15H2,1-2H3. The van der Waals surface area contributed by atoms with Crippen molar-refractivity contribution < 1.29 is 13.2 Å².